The summed E-state index contributed by atoms with van der Waals surface area (Å²) < 4.78 is 19.2. The van der Waals surface area contributed by atoms with Crippen molar-refractivity contribution in [2.45, 2.75) is 27.4 Å². The van der Waals surface area contributed by atoms with Crippen LogP contribution in [0.25, 0.3) is 5.69 Å². The summed E-state index contributed by atoms with van der Waals surface area (Å²) >= 11 is 0. The van der Waals surface area contributed by atoms with E-state index in [-0.39, 0.29) is 24.9 Å². The number of ether oxygens (including phenoxy) is 2. The molecule has 3 aromatic carbocycles. The number of benzene rings is 3. The van der Waals surface area contributed by atoms with Crippen molar-refractivity contribution in [2.75, 3.05) is 11.9 Å². The molecule has 2 aromatic heterocycles. The van der Waals surface area contributed by atoms with Crippen molar-refractivity contribution < 1.29 is 23.5 Å². The summed E-state index contributed by atoms with van der Waals surface area (Å²) in [6.07, 6.45) is 1.50. The van der Waals surface area contributed by atoms with Crippen LogP contribution >= 0.6 is 0 Å². The summed E-state index contributed by atoms with van der Waals surface area (Å²) in [5.41, 5.74) is 8.31. The van der Waals surface area contributed by atoms with Crippen molar-refractivity contribution in [2.24, 2.45) is 5.10 Å². The molecule has 0 aliphatic rings. The summed E-state index contributed by atoms with van der Waals surface area (Å²) in [5, 5.41) is 6.83. The molecule has 5 aromatic rings. The monoisotopic (exact) mass is 576 g/mol. The SMILES string of the molecule is Cc1ccccc1NC(=O)COc1ccc(/C=N/NC(=O)c2ccc(COc3ccc(-n4c(C)ccc4C)cc3)o2)cc1. The van der Waals surface area contributed by atoms with Crippen LogP contribution in [0.4, 0.5) is 5.69 Å². The highest BCUT2D eigenvalue weighted by Gasteiger charge is 2.11. The van der Waals surface area contributed by atoms with Crippen LogP contribution in [0.1, 0.15) is 38.8 Å². The molecule has 43 heavy (non-hydrogen) atoms. The first-order chi connectivity index (χ1) is 20.9. The van der Waals surface area contributed by atoms with Crippen LogP contribution < -0.4 is 20.2 Å². The third-order valence-electron chi connectivity index (χ3n) is 6.68. The standard InChI is InChI=1S/C34H32N4O5/c1-23-6-4-5-7-31(23)36-33(39)22-42-28-14-10-26(11-15-28)20-35-37-34(40)32-19-18-30(43-32)21-41-29-16-12-27(13-17-29)38-24(2)8-9-25(38)3/h4-20H,21-22H2,1-3H3,(H,36,39)(H,37,40)/b35-20+. The Morgan fingerprint density at radius 1 is 0.814 bits per heavy atom. The lowest BCUT2D eigenvalue weighted by molar-refractivity contribution is -0.118. The van der Waals surface area contributed by atoms with Gasteiger partial charge in [0.15, 0.2) is 12.4 Å². The van der Waals surface area contributed by atoms with E-state index < -0.39 is 5.91 Å². The number of hydrogen-bond acceptors (Lipinski definition) is 6. The lowest BCUT2D eigenvalue weighted by Gasteiger charge is -2.10. The minimum atomic E-state index is -0.482. The zero-order valence-electron chi connectivity index (χ0n) is 24.2. The van der Waals surface area contributed by atoms with Crippen molar-refractivity contribution >= 4 is 23.7 Å². The van der Waals surface area contributed by atoms with Crippen LogP contribution in [0, 0.1) is 20.8 Å². The predicted molar refractivity (Wildman–Crippen MR) is 165 cm³/mol. The fraction of sp³-hybridized carbons (Fsp3) is 0.147. The fourth-order valence-electron chi connectivity index (χ4n) is 4.42. The third-order valence-corrected chi connectivity index (χ3v) is 6.68. The highest BCUT2D eigenvalue weighted by molar-refractivity contribution is 5.93. The van der Waals surface area contributed by atoms with Crippen LogP contribution in [-0.4, -0.2) is 29.2 Å². The Labute approximate surface area is 249 Å². The largest absolute Gasteiger partial charge is 0.486 e. The molecule has 2 heterocycles. The number of carbonyl (C=O) groups is 2. The molecule has 0 fully saturated rings. The van der Waals surface area contributed by atoms with Crippen LogP contribution in [-0.2, 0) is 11.4 Å². The minimum Gasteiger partial charge on any atom is -0.486 e. The molecule has 0 bridgehead atoms. The molecule has 0 spiro atoms. The summed E-state index contributed by atoms with van der Waals surface area (Å²) in [5.74, 6) is 1.14. The van der Waals surface area contributed by atoms with E-state index in [2.05, 4.69) is 46.4 Å². The number of amides is 2. The van der Waals surface area contributed by atoms with Gasteiger partial charge in [0.25, 0.3) is 5.91 Å². The maximum absolute atomic E-state index is 12.5. The molecule has 0 saturated carbocycles. The first kappa shape index (κ1) is 28.9. The van der Waals surface area contributed by atoms with Gasteiger partial charge in [-0.1, -0.05) is 18.2 Å². The number of carbonyl (C=O) groups excluding carboxylic acids is 2. The van der Waals surface area contributed by atoms with Crippen molar-refractivity contribution in [1.29, 1.82) is 0 Å². The number of hydrazone groups is 1. The molecule has 2 amide bonds. The van der Waals surface area contributed by atoms with Gasteiger partial charge in [-0.05, 0) is 111 Å². The van der Waals surface area contributed by atoms with Crippen molar-refractivity contribution in [3.05, 3.63) is 131 Å². The number of aromatic nitrogens is 1. The highest BCUT2D eigenvalue weighted by Crippen LogP contribution is 2.21. The van der Waals surface area contributed by atoms with Gasteiger partial charge in [0.1, 0.15) is 23.9 Å². The molecule has 0 unspecified atom stereocenters. The van der Waals surface area contributed by atoms with E-state index in [0.29, 0.717) is 17.3 Å². The molecule has 0 atom stereocenters. The van der Waals surface area contributed by atoms with Gasteiger partial charge in [-0.3, -0.25) is 9.59 Å². The van der Waals surface area contributed by atoms with Gasteiger partial charge in [-0.15, -0.1) is 0 Å². The van der Waals surface area contributed by atoms with E-state index in [1.54, 1.807) is 36.4 Å². The molecule has 0 aliphatic carbocycles. The maximum Gasteiger partial charge on any atom is 0.307 e. The van der Waals surface area contributed by atoms with Gasteiger partial charge in [0.2, 0.25) is 0 Å². The molecule has 5 rings (SSSR count). The number of nitrogens with one attached hydrogen (secondary N) is 2. The molecule has 2 N–H and O–H groups in total. The summed E-state index contributed by atoms with van der Waals surface area (Å²) in [6, 6.07) is 29.8. The van der Waals surface area contributed by atoms with Gasteiger partial charge >= 0.3 is 5.91 Å². The smallest absolute Gasteiger partial charge is 0.307 e. The summed E-state index contributed by atoms with van der Waals surface area (Å²) in [4.78, 5) is 24.6. The molecule has 0 radical (unpaired) electrons. The Kier molecular flexibility index (Phi) is 9.02. The quantitative estimate of drug-likeness (QED) is 0.141. The zero-order chi connectivity index (χ0) is 30.2. The number of aryl methyl sites for hydroxylation is 3. The normalized spacial score (nSPS) is 11.0. The molecule has 9 heteroatoms. The van der Waals surface area contributed by atoms with Gasteiger partial charge in [-0.25, -0.2) is 5.43 Å². The summed E-state index contributed by atoms with van der Waals surface area (Å²) in [6.45, 7) is 6.13. The van der Waals surface area contributed by atoms with Gasteiger partial charge in [-0.2, -0.15) is 5.10 Å². The number of hydrogen-bond donors (Lipinski definition) is 2. The van der Waals surface area contributed by atoms with Crippen LogP contribution in [0.5, 0.6) is 11.5 Å². The van der Waals surface area contributed by atoms with E-state index >= 15 is 0 Å². The Morgan fingerprint density at radius 3 is 2.21 bits per heavy atom. The second-order valence-electron chi connectivity index (χ2n) is 9.92. The number of anilines is 1. The van der Waals surface area contributed by atoms with E-state index in [9.17, 15) is 9.59 Å². The second-order valence-corrected chi connectivity index (χ2v) is 9.92. The Morgan fingerprint density at radius 2 is 1.49 bits per heavy atom. The number of rotatable bonds is 11. The second kappa shape index (κ2) is 13.4. The number of para-hydroxylation sites is 1. The topological polar surface area (TPSA) is 107 Å². The first-order valence-corrected chi connectivity index (χ1v) is 13.7. The summed E-state index contributed by atoms with van der Waals surface area (Å²) in [7, 11) is 0. The molecule has 0 saturated heterocycles. The van der Waals surface area contributed by atoms with Crippen LogP contribution in [0.3, 0.4) is 0 Å². The van der Waals surface area contributed by atoms with Crippen molar-refractivity contribution in [3.63, 3.8) is 0 Å². The predicted octanol–water partition coefficient (Wildman–Crippen LogP) is 6.36. The van der Waals surface area contributed by atoms with Crippen LogP contribution in [0.2, 0.25) is 0 Å². The average Bonchev–Trinajstić information content (AvgIpc) is 3.63. The van der Waals surface area contributed by atoms with E-state index in [0.717, 1.165) is 33.9 Å². The lowest BCUT2D eigenvalue weighted by atomic mass is 10.2. The third kappa shape index (κ3) is 7.59. The minimum absolute atomic E-state index is 0.117. The fourth-order valence-corrected chi connectivity index (χ4v) is 4.42. The van der Waals surface area contributed by atoms with Gasteiger partial charge in [0.05, 0.1) is 6.21 Å². The Hall–Kier alpha value is -5.57. The highest BCUT2D eigenvalue weighted by atomic mass is 16.5. The molecular weight excluding hydrogens is 544 g/mol. The zero-order valence-corrected chi connectivity index (χ0v) is 24.2. The van der Waals surface area contributed by atoms with E-state index in [1.165, 1.54) is 6.21 Å². The van der Waals surface area contributed by atoms with Gasteiger partial charge in [0, 0.05) is 22.8 Å². The molecule has 9 nitrogen and oxygen atoms in total. The molecular formula is C34H32N4O5. The van der Waals surface area contributed by atoms with Crippen molar-refractivity contribution in [1.82, 2.24) is 9.99 Å². The van der Waals surface area contributed by atoms with Crippen LogP contribution in [0.15, 0.2) is 107 Å². The molecule has 218 valence electrons. The van der Waals surface area contributed by atoms with Crippen molar-refractivity contribution in [3.8, 4) is 17.2 Å². The average molecular weight is 577 g/mol. The number of furan rings is 1. The first-order valence-electron chi connectivity index (χ1n) is 13.7. The van der Waals surface area contributed by atoms with Gasteiger partial charge < -0.3 is 23.8 Å². The Balaban J connectivity index is 1.05. The van der Waals surface area contributed by atoms with E-state index in [1.807, 2.05) is 55.5 Å². The number of nitrogens with zero attached hydrogens (tertiary/aromatic N) is 2. The Bertz CT molecular complexity index is 1710. The maximum atomic E-state index is 12.5. The van der Waals surface area contributed by atoms with E-state index in [4.69, 9.17) is 13.9 Å². The molecule has 0 aliphatic heterocycles. The lowest BCUT2D eigenvalue weighted by Crippen LogP contribution is -2.20.